The van der Waals surface area contributed by atoms with E-state index in [0.29, 0.717) is 33.5 Å². The van der Waals surface area contributed by atoms with Gasteiger partial charge in [0, 0.05) is 29.0 Å². The number of ketones is 1. The number of dihydropyridines is 1. The number of methoxy groups -OCH3 is 2. The van der Waals surface area contributed by atoms with Gasteiger partial charge < -0.3 is 14.8 Å². The van der Waals surface area contributed by atoms with Crippen LogP contribution in [-0.2, 0) is 4.79 Å². The van der Waals surface area contributed by atoms with E-state index in [1.165, 1.54) is 0 Å². The van der Waals surface area contributed by atoms with Crippen molar-refractivity contribution in [2.75, 3.05) is 14.2 Å². The number of hydrogen-bond acceptors (Lipinski definition) is 5. The van der Waals surface area contributed by atoms with Gasteiger partial charge in [-0.2, -0.15) is 5.26 Å². The molecule has 0 radical (unpaired) electrons. The van der Waals surface area contributed by atoms with E-state index < -0.39 is 5.92 Å². The van der Waals surface area contributed by atoms with Gasteiger partial charge in [-0.15, -0.1) is 0 Å². The molecule has 5 nitrogen and oxygen atoms in total. The van der Waals surface area contributed by atoms with Crippen LogP contribution in [0, 0.1) is 16.7 Å². The first-order chi connectivity index (χ1) is 13.1. The summed E-state index contributed by atoms with van der Waals surface area (Å²) in [7, 11) is 3.15. The first-order valence-electron chi connectivity index (χ1n) is 8.89. The quantitative estimate of drug-likeness (QED) is 0.594. The lowest BCUT2D eigenvalue weighted by Crippen LogP contribution is -2.37. The molecule has 0 fully saturated rings. The SMILES string of the molecule is COc1c(Br)cc([C@@H]2C(C#N)=C(C)NC3=C2C(=O)CC(C)(C)C3)c(OC)c1Br. The third-order valence-corrected chi connectivity index (χ3v) is 6.55. The molecule has 1 aromatic rings. The molecule has 1 atom stereocenters. The van der Waals surface area contributed by atoms with E-state index in [-0.39, 0.29) is 11.2 Å². The summed E-state index contributed by atoms with van der Waals surface area (Å²) in [5.41, 5.74) is 3.47. The maximum Gasteiger partial charge on any atom is 0.162 e. The molecule has 1 N–H and O–H groups in total. The van der Waals surface area contributed by atoms with Crippen molar-refractivity contribution >= 4 is 37.6 Å². The van der Waals surface area contributed by atoms with Gasteiger partial charge in [-0.3, -0.25) is 4.79 Å². The topological polar surface area (TPSA) is 71.3 Å². The van der Waals surface area contributed by atoms with E-state index in [1.807, 2.05) is 13.0 Å². The summed E-state index contributed by atoms with van der Waals surface area (Å²) in [5, 5.41) is 13.2. The number of carbonyl (C=O) groups excluding carboxylic acids is 1. The Labute approximate surface area is 182 Å². The Morgan fingerprint density at radius 3 is 2.43 bits per heavy atom. The van der Waals surface area contributed by atoms with E-state index in [1.54, 1.807) is 14.2 Å². The number of carbonyl (C=O) groups is 1. The van der Waals surface area contributed by atoms with E-state index in [9.17, 15) is 10.1 Å². The van der Waals surface area contributed by atoms with Gasteiger partial charge in [0.2, 0.25) is 0 Å². The molecule has 0 bridgehead atoms. The van der Waals surface area contributed by atoms with Gasteiger partial charge in [0.1, 0.15) is 10.2 Å². The zero-order chi connectivity index (χ0) is 20.8. The Morgan fingerprint density at radius 1 is 1.21 bits per heavy atom. The Hall–Kier alpha value is -1.78. The molecule has 0 spiro atoms. The second kappa shape index (κ2) is 7.57. The molecule has 0 aromatic heterocycles. The van der Waals surface area contributed by atoms with E-state index in [0.717, 1.165) is 27.9 Å². The Balaban J connectivity index is 2.32. The first kappa shape index (κ1) is 20.9. The predicted octanol–water partition coefficient (Wildman–Crippen LogP) is 5.36. The normalized spacial score (nSPS) is 21.1. The van der Waals surface area contributed by atoms with Crippen molar-refractivity contribution < 1.29 is 14.3 Å². The molecule has 2 aliphatic rings. The van der Waals surface area contributed by atoms with Gasteiger partial charge in [-0.05, 0) is 56.7 Å². The molecule has 1 aromatic carbocycles. The molecular formula is C21H22Br2N2O3. The van der Waals surface area contributed by atoms with Gasteiger partial charge in [0.25, 0.3) is 0 Å². The molecule has 0 saturated heterocycles. The van der Waals surface area contributed by atoms with Gasteiger partial charge in [-0.1, -0.05) is 13.8 Å². The van der Waals surface area contributed by atoms with Crippen LogP contribution in [-0.4, -0.2) is 20.0 Å². The van der Waals surface area contributed by atoms with Crippen LogP contribution in [0.2, 0.25) is 0 Å². The lowest BCUT2D eigenvalue weighted by molar-refractivity contribution is -0.118. The molecule has 1 heterocycles. The fourth-order valence-electron chi connectivity index (χ4n) is 4.11. The number of ether oxygens (including phenoxy) is 2. The number of rotatable bonds is 3. The number of Topliss-reactive ketones (excluding diaryl/α,β-unsaturated/α-hetero) is 1. The van der Waals surface area contributed by atoms with Crippen molar-refractivity contribution in [3.05, 3.63) is 43.1 Å². The van der Waals surface area contributed by atoms with Crippen LogP contribution in [0.15, 0.2) is 37.6 Å². The average molecular weight is 510 g/mol. The van der Waals surface area contributed by atoms with E-state index >= 15 is 0 Å². The highest BCUT2D eigenvalue weighted by Crippen LogP contribution is 2.52. The van der Waals surface area contributed by atoms with Crippen molar-refractivity contribution in [2.24, 2.45) is 5.41 Å². The number of nitrogens with one attached hydrogen (secondary N) is 1. The van der Waals surface area contributed by atoms with Gasteiger partial charge in [-0.25, -0.2) is 0 Å². The Kier molecular flexibility index (Phi) is 5.66. The summed E-state index contributed by atoms with van der Waals surface area (Å²) in [5.74, 6) is 0.725. The Bertz CT molecular complexity index is 971. The summed E-state index contributed by atoms with van der Waals surface area (Å²) in [4.78, 5) is 13.2. The minimum atomic E-state index is -0.488. The van der Waals surface area contributed by atoms with Crippen molar-refractivity contribution in [1.29, 1.82) is 5.26 Å². The van der Waals surface area contributed by atoms with Crippen LogP contribution in [0.4, 0.5) is 0 Å². The third-order valence-electron chi connectivity index (χ3n) is 5.24. The highest BCUT2D eigenvalue weighted by Gasteiger charge is 2.42. The van der Waals surface area contributed by atoms with Crippen LogP contribution >= 0.6 is 31.9 Å². The number of nitriles is 1. The second-order valence-electron chi connectivity index (χ2n) is 7.87. The van der Waals surface area contributed by atoms with Crippen molar-refractivity contribution in [1.82, 2.24) is 5.32 Å². The van der Waals surface area contributed by atoms with E-state index in [2.05, 4.69) is 57.1 Å². The number of allylic oxidation sites excluding steroid dienone is 4. The molecule has 148 valence electrons. The van der Waals surface area contributed by atoms with Crippen LogP contribution in [0.25, 0.3) is 0 Å². The number of nitrogens with zero attached hydrogens (tertiary/aromatic N) is 1. The smallest absolute Gasteiger partial charge is 0.162 e. The monoisotopic (exact) mass is 508 g/mol. The van der Waals surface area contributed by atoms with Crippen LogP contribution in [0.5, 0.6) is 11.5 Å². The van der Waals surface area contributed by atoms with Gasteiger partial charge >= 0.3 is 0 Å². The molecule has 1 aliphatic carbocycles. The van der Waals surface area contributed by atoms with Gasteiger partial charge in [0.15, 0.2) is 11.5 Å². The maximum absolute atomic E-state index is 13.2. The first-order valence-corrected chi connectivity index (χ1v) is 10.5. The minimum absolute atomic E-state index is 0.0640. The fourth-order valence-corrected chi connectivity index (χ4v) is 5.75. The number of benzene rings is 1. The maximum atomic E-state index is 13.2. The standard InChI is InChI=1S/C21H22Br2N2O3/c1-10-12(9-24)16(17-14(25-10)7-21(2,3)8-15(17)26)11-6-13(22)20(28-5)18(23)19(11)27-4/h6,16,25H,7-8H2,1-5H3/t16-/m1/s1. The number of hydrogen-bond donors (Lipinski definition) is 1. The molecule has 28 heavy (non-hydrogen) atoms. The second-order valence-corrected chi connectivity index (χ2v) is 9.52. The van der Waals surface area contributed by atoms with Crippen molar-refractivity contribution in [3.63, 3.8) is 0 Å². The number of halogens is 2. The summed E-state index contributed by atoms with van der Waals surface area (Å²) in [6.07, 6.45) is 1.20. The summed E-state index contributed by atoms with van der Waals surface area (Å²) < 4.78 is 12.5. The highest BCUT2D eigenvalue weighted by molar-refractivity contribution is 9.11. The van der Waals surface area contributed by atoms with Crippen molar-refractivity contribution in [2.45, 2.75) is 39.5 Å². The summed E-state index contributed by atoms with van der Waals surface area (Å²) >= 11 is 7.09. The summed E-state index contributed by atoms with van der Waals surface area (Å²) in [6.45, 7) is 6.05. The Morgan fingerprint density at radius 2 is 1.86 bits per heavy atom. The summed E-state index contributed by atoms with van der Waals surface area (Å²) in [6, 6.07) is 4.18. The van der Waals surface area contributed by atoms with Crippen LogP contribution in [0.1, 0.15) is 45.1 Å². The lowest BCUT2D eigenvalue weighted by Gasteiger charge is -2.39. The van der Waals surface area contributed by atoms with Crippen LogP contribution < -0.4 is 14.8 Å². The third kappa shape index (κ3) is 3.37. The minimum Gasteiger partial charge on any atom is -0.495 e. The zero-order valence-corrected chi connectivity index (χ0v) is 19.7. The molecule has 0 amide bonds. The molecule has 7 heteroatoms. The molecular weight excluding hydrogens is 488 g/mol. The predicted molar refractivity (Wildman–Crippen MR) is 114 cm³/mol. The van der Waals surface area contributed by atoms with Gasteiger partial charge in [0.05, 0.1) is 36.3 Å². The average Bonchev–Trinajstić information content (AvgIpc) is 2.59. The van der Waals surface area contributed by atoms with Crippen molar-refractivity contribution in [3.8, 4) is 17.6 Å². The molecule has 0 unspecified atom stereocenters. The zero-order valence-electron chi connectivity index (χ0n) is 16.5. The largest absolute Gasteiger partial charge is 0.495 e. The molecule has 0 saturated carbocycles. The lowest BCUT2D eigenvalue weighted by atomic mass is 9.68. The molecule has 1 aliphatic heterocycles. The fraction of sp³-hybridized carbons (Fsp3) is 0.429. The van der Waals surface area contributed by atoms with E-state index in [4.69, 9.17) is 9.47 Å². The van der Waals surface area contributed by atoms with Crippen LogP contribution in [0.3, 0.4) is 0 Å². The molecule has 3 rings (SSSR count). The highest BCUT2D eigenvalue weighted by atomic mass is 79.9.